The zero-order valence-corrected chi connectivity index (χ0v) is 12.6. The second kappa shape index (κ2) is 5.38. The molecule has 0 aliphatic heterocycles. The fourth-order valence-corrected chi connectivity index (χ4v) is 3.98. The van der Waals surface area contributed by atoms with E-state index in [0.717, 1.165) is 10.8 Å². The Balaban J connectivity index is 2.31. The molecular formula is C16H11Cl2Si. The van der Waals surface area contributed by atoms with Gasteiger partial charge in [0.2, 0.25) is 0 Å². The van der Waals surface area contributed by atoms with Crippen LogP contribution in [-0.2, 0) is 0 Å². The van der Waals surface area contributed by atoms with Crippen LogP contribution in [0.5, 0.6) is 0 Å². The highest BCUT2D eigenvalue weighted by Gasteiger charge is 2.14. The second-order valence-electron chi connectivity index (χ2n) is 4.33. The Hall–Kier alpha value is -1.28. The summed E-state index contributed by atoms with van der Waals surface area (Å²) in [6.07, 6.45) is 0. The van der Waals surface area contributed by atoms with E-state index in [1.54, 1.807) is 0 Å². The van der Waals surface area contributed by atoms with Crippen LogP contribution in [0.4, 0.5) is 0 Å². The second-order valence-corrected chi connectivity index (χ2v) is 8.24. The first-order chi connectivity index (χ1) is 9.27. The molecule has 0 bridgehead atoms. The topological polar surface area (TPSA) is 0 Å². The minimum absolute atomic E-state index is 1.05. The van der Waals surface area contributed by atoms with Crippen molar-refractivity contribution in [1.82, 2.24) is 0 Å². The fraction of sp³-hybridized carbons (Fsp3) is 0. The van der Waals surface area contributed by atoms with Crippen molar-refractivity contribution in [1.29, 1.82) is 0 Å². The third kappa shape index (κ3) is 2.42. The molecular weight excluding hydrogens is 291 g/mol. The molecule has 0 aliphatic carbocycles. The summed E-state index contributed by atoms with van der Waals surface area (Å²) >= 11 is 12.4. The van der Waals surface area contributed by atoms with Gasteiger partial charge in [0.1, 0.15) is 0 Å². The molecule has 0 amide bonds. The molecule has 0 unspecified atom stereocenters. The van der Waals surface area contributed by atoms with Gasteiger partial charge >= 0.3 is 7.42 Å². The minimum atomic E-state index is -1.51. The molecule has 0 aromatic heterocycles. The molecule has 3 aromatic rings. The molecule has 0 fully saturated rings. The lowest BCUT2D eigenvalue weighted by atomic mass is 9.98. The molecule has 0 N–H and O–H groups in total. The van der Waals surface area contributed by atoms with Gasteiger partial charge in [-0.25, -0.2) is 0 Å². The van der Waals surface area contributed by atoms with Gasteiger partial charge < -0.3 is 0 Å². The van der Waals surface area contributed by atoms with Gasteiger partial charge in [-0.1, -0.05) is 66.7 Å². The number of benzene rings is 3. The van der Waals surface area contributed by atoms with E-state index in [-0.39, 0.29) is 0 Å². The van der Waals surface area contributed by atoms with E-state index in [9.17, 15) is 0 Å². The molecule has 0 nitrogen and oxygen atoms in total. The van der Waals surface area contributed by atoms with Gasteiger partial charge in [0.15, 0.2) is 0 Å². The van der Waals surface area contributed by atoms with E-state index in [1.807, 2.05) is 18.2 Å². The summed E-state index contributed by atoms with van der Waals surface area (Å²) in [6, 6.07) is 22.8. The van der Waals surface area contributed by atoms with Crippen molar-refractivity contribution in [3.8, 4) is 11.1 Å². The molecule has 3 rings (SSSR count). The molecule has 1 radical (unpaired) electrons. The van der Waals surface area contributed by atoms with Crippen LogP contribution >= 0.6 is 22.2 Å². The van der Waals surface area contributed by atoms with E-state index in [0.29, 0.717) is 0 Å². The third-order valence-electron chi connectivity index (χ3n) is 3.21. The average Bonchev–Trinajstić information content (AvgIpc) is 2.46. The molecule has 3 heteroatoms. The zero-order valence-electron chi connectivity index (χ0n) is 10.1. The lowest BCUT2D eigenvalue weighted by Crippen LogP contribution is -2.20. The van der Waals surface area contributed by atoms with Crippen molar-refractivity contribution in [3.63, 3.8) is 0 Å². The van der Waals surface area contributed by atoms with Gasteiger partial charge in [-0.2, -0.15) is 0 Å². The Morgan fingerprint density at radius 2 is 1.26 bits per heavy atom. The van der Waals surface area contributed by atoms with E-state index in [4.69, 9.17) is 22.2 Å². The normalized spacial score (nSPS) is 11.1. The lowest BCUT2D eigenvalue weighted by Gasteiger charge is -2.11. The maximum Gasteiger partial charge on any atom is 0.307 e. The van der Waals surface area contributed by atoms with Crippen LogP contribution in [0.3, 0.4) is 0 Å². The van der Waals surface area contributed by atoms with Gasteiger partial charge in [-0.15, -0.1) is 22.2 Å². The molecule has 0 spiro atoms. The number of hydrogen-bond donors (Lipinski definition) is 0. The maximum absolute atomic E-state index is 6.18. The molecule has 0 saturated carbocycles. The van der Waals surface area contributed by atoms with Gasteiger partial charge in [0.05, 0.1) is 0 Å². The van der Waals surface area contributed by atoms with Gasteiger partial charge in [-0.3, -0.25) is 0 Å². The van der Waals surface area contributed by atoms with Crippen LogP contribution in [0.25, 0.3) is 21.9 Å². The Morgan fingerprint density at radius 3 is 2.11 bits per heavy atom. The molecule has 93 valence electrons. The van der Waals surface area contributed by atoms with Crippen LogP contribution < -0.4 is 5.19 Å². The summed E-state index contributed by atoms with van der Waals surface area (Å²) in [5.74, 6) is 0. The smallest absolute Gasteiger partial charge is 0.140 e. The van der Waals surface area contributed by atoms with Crippen molar-refractivity contribution in [2.24, 2.45) is 0 Å². The van der Waals surface area contributed by atoms with Crippen LogP contribution in [0.15, 0.2) is 66.7 Å². The number of fused-ring (bicyclic) bond motifs is 1. The predicted molar refractivity (Wildman–Crippen MR) is 86.5 cm³/mol. The molecule has 0 heterocycles. The lowest BCUT2D eigenvalue weighted by molar-refractivity contribution is 1.68. The van der Waals surface area contributed by atoms with E-state index >= 15 is 0 Å². The third-order valence-corrected chi connectivity index (χ3v) is 5.28. The zero-order chi connectivity index (χ0) is 13.2. The summed E-state index contributed by atoms with van der Waals surface area (Å²) in [4.78, 5) is 0. The van der Waals surface area contributed by atoms with E-state index < -0.39 is 7.42 Å². The number of rotatable bonds is 2. The highest BCUT2D eigenvalue weighted by molar-refractivity contribution is 7.39. The van der Waals surface area contributed by atoms with E-state index in [2.05, 4.69) is 48.5 Å². The van der Waals surface area contributed by atoms with Gasteiger partial charge in [0.25, 0.3) is 0 Å². The first kappa shape index (κ1) is 12.7. The van der Waals surface area contributed by atoms with Crippen molar-refractivity contribution < 1.29 is 0 Å². The van der Waals surface area contributed by atoms with Crippen molar-refractivity contribution in [3.05, 3.63) is 66.7 Å². The number of halogens is 2. The molecule has 0 saturated heterocycles. The Bertz CT molecular complexity index is 717. The quantitative estimate of drug-likeness (QED) is 0.476. The van der Waals surface area contributed by atoms with Crippen LogP contribution in [0.1, 0.15) is 0 Å². The monoisotopic (exact) mass is 301 g/mol. The highest BCUT2D eigenvalue weighted by atomic mass is 35.7. The SMILES string of the molecule is Cl[Si](Cl)c1ccccc1-c1cccc2ccccc12. The predicted octanol–water partition coefficient (Wildman–Crippen LogP) is 4.68. The van der Waals surface area contributed by atoms with Crippen molar-refractivity contribution in [2.45, 2.75) is 0 Å². The first-order valence-electron chi connectivity index (χ1n) is 6.03. The summed E-state index contributed by atoms with van der Waals surface area (Å²) in [5.41, 5.74) is 2.33. The molecule has 19 heavy (non-hydrogen) atoms. The molecule has 0 aliphatic rings. The van der Waals surface area contributed by atoms with Crippen LogP contribution in [-0.4, -0.2) is 7.42 Å². The largest absolute Gasteiger partial charge is 0.307 e. The Labute approximate surface area is 123 Å². The summed E-state index contributed by atoms with van der Waals surface area (Å²) in [5, 5.41) is 3.51. The molecule has 3 aromatic carbocycles. The summed E-state index contributed by atoms with van der Waals surface area (Å²) in [7, 11) is -1.51. The standard InChI is InChI=1S/C16H11Cl2Si/c17-19(18)16-11-4-3-9-15(16)14-10-5-7-12-6-1-2-8-13(12)14/h1-11H. The Morgan fingerprint density at radius 1 is 0.632 bits per heavy atom. The van der Waals surface area contributed by atoms with E-state index in [1.165, 1.54) is 16.3 Å². The van der Waals surface area contributed by atoms with Crippen molar-refractivity contribution in [2.75, 3.05) is 0 Å². The number of hydrogen-bond acceptors (Lipinski definition) is 0. The van der Waals surface area contributed by atoms with Crippen LogP contribution in [0, 0.1) is 0 Å². The maximum atomic E-state index is 6.18. The first-order valence-corrected chi connectivity index (χ1v) is 9.55. The highest BCUT2D eigenvalue weighted by Crippen LogP contribution is 2.28. The average molecular weight is 302 g/mol. The van der Waals surface area contributed by atoms with Gasteiger partial charge in [-0.05, 0) is 27.1 Å². The molecule has 0 atom stereocenters. The summed E-state index contributed by atoms with van der Waals surface area (Å²) < 4.78 is 0. The minimum Gasteiger partial charge on any atom is -0.140 e. The van der Waals surface area contributed by atoms with Crippen molar-refractivity contribution >= 4 is 45.5 Å². The van der Waals surface area contributed by atoms with Gasteiger partial charge in [0, 0.05) is 0 Å². The Kier molecular flexibility index (Phi) is 3.60. The fourth-order valence-electron chi connectivity index (χ4n) is 2.34. The van der Waals surface area contributed by atoms with Crippen LogP contribution in [0.2, 0.25) is 0 Å². The summed E-state index contributed by atoms with van der Waals surface area (Å²) in [6.45, 7) is 0.